The van der Waals surface area contributed by atoms with Crippen LogP contribution >= 0.6 is 0 Å². The van der Waals surface area contributed by atoms with Crippen LogP contribution in [-0.2, 0) is 22.4 Å². The fourth-order valence-corrected chi connectivity index (χ4v) is 3.81. The van der Waals surface area contributed by atoms with Crippen molar-refractivity contribution >= 4 is 17.7 Å². The lowest BCUT2D eigenvalue weighted by molar-refractivity contribution is -0.128. The zero-order chi connectivity index (χ0) is 21.3. The number of hydrogen-bond donors (Lipinski definition) is 2. The molecular formula is C24H29N3O3. The molecule has 1 fully saturated rings. The summed E-state index contributed by atoms with van der Waals surface area (Å²) in [5, 5.41) is 2.90. The highest BCUT2D eigenvalue weighted by atomic mass is 16.2. The van der Waals surface area contributed by atoms with E-state index < -0.39 is 17.9 Å². The molecule has 0 radical (unpaired) electrons. The summed E-state index contributed by atoms with van der Waals surface area (Å²) in [6.07, 6.45) is 2.75. The van der Waals surface area contributed by atoms with Crippen LogP contribution in [0.1, 0.15) is 30.4 Å². The predicted molar refractivity (Wildman–Crippen MR) is 116 cm³/mol. The van der Waals surface area contributed by atoms with Gasteiger partial charge in [0.05, 0.1) is 6.04 Å². The summed E-state index contributed by atoms with van der Waals surface area (Å²) in [5.41, 5.74) is 7.51. The van der Waals surface area contributed by atoms with E-state index in [9.17, 15) is 14.4 Å². The molecule has 30 heavy (non-hydrogen) atoms. The molecule has 0 saturated carbocycles. The second-order valence-electron chi connectivity index (χ2n) is 7.85. The first kappa shape index (κ1) is 21.6. The number of primary amides is 1. The Morgan fingerprint density at radius 2 is 1.40 bits per heavy atom. The van der Waals surface area contributed by atoms with Gasteiger partial charge in [0.25, 0.3) is 0 Å². The summed E-state index contributed by atoms with van der Waals surface area (Å²) < 4.78 is 0. The van der Waals surface area contributed by atoms with Gasteiger partial charge >= 0.3 is 6.03 Å². The van der Waals surface area contributed by atoms with Gasteiger partial charge in [0.1, 0.15) is 0 Å². The van der Waals surface area contributed by atoms with Gasteiger partial charge in [0, 0.05) is 25.4 Å². The van der Waals surface area contributed by atoms with Gasteiger partial charge in [-0.1, -0.05) is 60.7 Å². The molecule has 0 aliphatic carbocycles. The fourth-order valence-electron chi connectivity index (χ4n) is 3.81. The summed E-state index contributed by atoms with van der Waals surface area (Å²) in [6, 6.07) is 18.2. The van der Waals surface area contributed by atoms with E-state index in [0.717, 1.165) is 24.0 Å². The molecule has 158 valence electrons. The van der Waals surface area contributed by atoms with Crippen molar-refractivity contribution in [3.63, 3.8) is 0 Å². The molecule has 0 aromatic heterocycles. The van der Waals surface area contributed by atoms with E-state index in [1.807, 2.05) is 60.7 Å². The lowest BCUT2D eigenvalue weighted by atomic mass is 9.90. The minimum Gasteiger partial charge on any atom is -0.369 e. The van der Waals surface area contributed by atoms with Gasteiger partial charge in [-0.05, 0) is 36.8 Å². The number of hydrogen-bond acceptors (Lipinski definition) is 3. The van der Waals surface area contributed by atoms with Crippen LogP contribution in [0.3, 0.4) is 0 Å². The number of nitrogens with zero attached hydrogens (tertiary/aromatic N) is 1. The Hall–Kier alpha value is -3.15. The van der Waals surface area contributed by atoms with Gasteiger partial charge in [-0.2, -0.15) is 0 Å². The molecule has 3 rings (SSSR count). The maximum Gasteiger partial charge on any atom is 0.317 e. The number of urea groups is 1. The molecule has 1 aliphatic heterocycles. The standard InChI is InChI=1S/C24H29N3O3/c25-23(29)20(15-18-9-3-1-4-10-18)17-22(28)21(16-19-11-5-2-6-12-19)26-24(30)27-13-7-8-14-27/h1-6,9-12,20-21H,7-8,13-17H2,(H2,25,29)(H,26,30)/t20-,21+/m0/s1. The maximum atomic E-state index is 13.2. The first-order valence-electron chi connectivity index (χ1n) is 10.5. The van der Waals surface area contributed by atoms with Crippen molar-refractivity contribution in [2.24, 2.45) is 11.7 Å². The van der Waals surface area contributed by atoms with Crippen LogP contribution in [0, 0.1) is 5.92 Å². The lowest BCUT2D eigenvalue weighted by Gasteiger charge is -2.24. The Labute approximate surface area is 177 Å². The van der Waals surface area contributed by atoms with Gasteiger partial charge in [0.2, 0.25) is 5.91 Å². The second-order valence-corrected chi connectivity index (χ2v) is 7.85. The molecule has 6 heteroatoms. The molecule has 3 amide bonds. The van der Waals surface area contributed by atoms with Crippen molar-refractivity contribution in [3.8, 4) is 0 Å². The van der Waals surface area contributed by atoms with Gasteiger partial charge in [-0.25, -0.2) is 4.79 Å². The van der Waals surface area contributed by atoms with Gasteiger partial charge in [-0.15, -0.1) is 0 Å². The topological polar surface area (TPSA) is 92.5 Å². The Morgan fingerprint density at radius 1 is 0.867 bits per heavy atom. The molecule has 0 spiro atoms. The third kappa shape index (κ3) is 6.17. The van der Waals surface area contributed by atoms with Crippen LogP contribution in [0.5, 0.6) is 0 Å². The highest BCUT2D eigenvalue weighted by molar-refractivity contribution is 5.92. The van der Waals surface area contributed by atoms with Gasteiger partial charge < -0.3 is 16.0 Å². The van der Waals surface area contributed by atoms with Crippen LogP contribution in [0.25, 0.3) is 0 Å². The number of nitrogens with one attached hydrogen (secondary N) is 1. The van der Waals surface area contributed by atoms with E-state index in [0.29, 0.717) is 25.9 Å². The van der Waals surface area contributed by atoms with E-state index in [4.69, 9.17) is 5.73 Å². The molecule has 1 saturated heterocycles. The average molecular weight is 408 g/mol. The number of Topliss-reactive ketones (excluding diaryl/α,β-unsaturated/α-hetero) is 1. The summed E-state index contributed by atoms with van der Waals surface area (Å²) in [5.74, 6) is -1.29. The SMILES string of the molecule is NC(=O)[C@H](CC(=O)[C@@H](Cc1ccccc1)NC(=O)N1CCCC1)Cc1ccccc1. The molecular weight excluding hydrogens is 378 g/mol. The first-order valence-corrected chi connectivity index (χ1v) is 10.5. The van der Waals surface area contributed by atoms with Crippen molar-refractivity contribution in [3.05, 3.63) is 71.8 Å². The van der Waals surface area contributed by atoms with E-state index >= 15 is 0 Å². The molecule has 6 nitrogen and oxygen atoms in total. The Kier molecular flexibility index (Phi) is 7.60. The molecule has 1 aliphatic rings. The van der Waals surface area contributed by atoms with Crippen LogP contribution in [0.4, 0.5) is 4.79 Å². The molecule has 2 aromatic carbocycles. The number of amides is 3. The fraction of sp³-hybridized carbons (Fsp3) is 0.375. The van der Waals surface area contributed by atoms with Crippen molar-refractivity contribution in [1.29, 1.82) is 0 Å². The Balaban J connectivity index is 1.71. The number of ketones is 1. The zero-order valence-corrected chi connectivity index (χ0v) is 17.1. The Bertz CT molecular complexity index is 849. The summed E-state index contributed by atoms with van der Waals surface area (Å²) >= 11 is 0. The smallest absolute Gasteiger partial charge is 0.317 e. The minimum absolute atomic E-state index is 0.00199. The number of likely N-dealkylation sites (tertiary alicyclic amines) is 1. The highest BCUT2D eigenvalue weighted by Gasteiger charge is 2.29. The number of benzene rings is 2. The zero-order valence-electron chi connectivity index (χ0n) is 17.1. The largest absolute Gasteiger partial charge is 0.369 e. The molecule has 2 aromatic rings. The van der Waals surface area contributed by atoms with Crippen molar-refractivity contribution < 1.29 is 14.4 Å². The van der Waals surface area contributed by atoms with Crippen LogP contribution in [-0.4, -0.2) is 41.8 Å². The van der Waals surface area contributed by atoms with Crippen molar-refractivity contribution in [2.75, 3.05) is 13.1 Å². The highest BCUT2D eigenvalue weighted by Crippen LogP contribution is 2.16. The first-order chi connectivity index (χ1) is 14.5. The van der Waals surface area contributed by atoms with E-state index in [-0.39, 0.29) is 18.2 Å². The summed E-state index contributed by atoms with van der Waals surface area (Å²) in [7, 11) is 0. The third-order valence-corrected chi connectivity index (χ3v) is 5.54. The van der Waals surface area contributed by atoms with Crippen LogP contribution < -0.4 is 11.1 Å². The number of rotatable bonds is 9. The molecule has 0 unspecified atom stereocenters. The summed E-state index contributed by atoms with van der Waals surface area (Å²) in [4.78, 5) is 39.6. The monoisotopic (exact) mass is 407 g/mol. The van der Waals surface area contributed by atoms with Crippen molar-refractivity contribution in [2.45, 2.75) is 38.1 Å². The normalized spacial score (nSPS) is 15.4. The lowest BCUT2D eigenvalue weighted by Crippen LogP contribution is -2.48. The number of nitrogens with two attached hydrogens (primary N) is 1. The average Bonchev–Trinajstić information content (AvgIpc) is 3.29. The molecule has 0 bridgehead atoms. The van der Waals surface area contributed by atoms with E-state index in [1.54, 1.807) is 4.90 Å². The molecule has 1 heterocycles. The van der Waals surface area contributed by atoms with Crippen molar-refractivity contribution in [1.82, 2.24) is 10.2 Å². The summed E-state index contributed by atoms with van der Waals surface area (Å²) in [6.45, 7) is 1.41. The predicted octanol–water partition coefficient (Wildman–Crippen LogP) is 2.71. The van der Waals surface area contributed by atoms with Crippen LogP contribution in [0.15, 0.2) is 60.7 Å². The Morgan fingerprint density at radius 3 is 1.93 bits per heavy atom. The third-order valence-electron chi connectivity index (χ3n) is 5.54. The number of carbonyl (C=O) groups is 3. The molecule has 3 N–H and O–H groups in total. The minimum atomic E-state index is -0.696. The van der Waals surface area contributed by atoms with E-state index in [1.165, 1.54) is 0 Å². The van der Waals surface area contributed by atoms with Gasteiger partial charge in [-0.3, -0.25) is 9.59 Å². The number of carbonyl (C=O) groups excluding carboxylic acids is 3. The van der Waals surface area contributed by atoms with Crippen LogP contribution in [0.2, 0.25) is 0 Å². The quantitative estimate of drug-likeness (QED) is 0.669. The molecule has 2 atom stereocenters. The maximum absolute atomic E-state index is 13.2. The van der Waals surface area contributed by atoms with Gasteiger partial charge in [0.15, 0.2) is 5.78 Å². The second kappa shape index (κ2) is 10.6. The van der Waals surface area contributed by atoms with E-state index in [2.05, 4.69) is 5.32 Å².